The third kappa shape index (κ3) is 6.55. The molecule has 26 heavy (non-hydrogen) atoms. The molecule has 0 atom stereocenters. The van der Waals surface area contributed by atoms with Crippen molar-refractivity contribution in [2.45, 2.75) is 39.5 Å². The number of benzene rings is 1. The molecule has 2 N–H and O–H groups in total. The maximum Gasteiger partial charge on any atom is 0.325 e. The van der Waals surface area contributed by atoms with Crippen molar-refractivity contribution in [3.8, 4) is 11.5 Å². The van der Waals surface area contributed by atoms with Gasteiger partial charge in [-0.05, 0) is 51.9 Å². The number of nitrogens with zero attached hydrogens (tertiary/aromatic N) is 1. The number of hydrogen-bond acceptors (Lipinski definition) is 5. The van der Waals surface area contributed by atoms with E-state index in [0.717, 1.165) is 25.9 Å². The van der Waals surface area contributed by atoms with Gasteiger partial charge in [0, 0.05) is 11.8 Å². The van der Waals surface area contributed by atoms with Gasteiger partial charge in [0.2, 0.25) is 5.91 Å². The van der Waals surface area contributed by atoms with Gasteiger partial charge in [-0.15, -0.1) is 0 Å². The predicted molar refractivity (Wildman–Crippen MR) is 101 cm³/mol. The summed E-state index contributed by atoms with van der Waals surface area (Å²) in [6, 6.07) is 4.60. The number of carbonyl (C=O) groups is 2. The van der Waals surface area contributed by atoms with E-state index in [4.69, 9.17) is 9.47 Å². The molecule has 1 fully saturated rings. The van der Waals surface area contributed by atoms with Crippen molar-refractivity contribution >= 4 is 17.6 Å². The Morgan fingerprint density at radius 1 is 1.00 bits per heavy atom. The molecule has 0 spiro atoms. The van der Waals surface area contributed by atoms with Crippen LogP contribution in [0.3, 0.4) is 0 Å². The van der Waals surface area contributed by atoms with Crippen LogP contribution in [-0.2, 0) is 4.79 Å². The average Bonchev–Trinajstić information content (AvgIpc) is 2.86. The molecule has 0 saturated carbocycles. The molecule has 1 aromatic rings. The van der Waals surface area contributed by atoms with Gasteiger partial charge in [-0.3, -0.25) is 15.0 Å². The van der Waals surface area contributed by atoms with Gasteiger partial charge in [-0.2, -0.15) is 0 Å². The second-order valence-corrected chi connectivity index (χ2v) is 6.22. The summed E-state index contributed by atoms with van der Waals surface area (Å²) in [5.74, 6) is 0.890. The number of ether oxygens (including phenoxy) is 2. The van der Waals surface area contributed by atoms with Gasteiger partial charge >= 0.3 is 6.03 Å². The number of likely N-dealkylation sites (tertiary alicyclic amines) is 1. The monoisotopic (exact) mass is 363 g/mol. The maximum atomic E-state index is 12.1. The lowest BCUT2D eigenvalue weighted by molar-refractivity contribution is -0.121. The third-order valence-corrected chi connectivity index (χ3v) is 4.12. The standard InChI is InChI=1S/C19H29N3O4/c1-3-25-16-10-9-15(13-17(16)26-4-2)20-19(24)21-18(23)14-22-11-7-5-6-8-12-22/h9-10,13H,3-8,11-12,14H2,1-2H3,(H2,20,21,23,24). The summed E-state index contributed by atoms with van der Waals surface area (Å²) in [4.78, 5) is 26.3. The number of carbonyl (C=O) groups excluding carboxylic acids is 2. The minimum atomic E-state index is -0.545. The molecule has 0 bridgehead atoms. The first-order valence-corrected chi connectivity index (χ1v) is 9.35. The molecule has 3 amide bonds. The van der Waals surface area contributed by atoms with Gasteiger partial charge in [0.05, 0.1) is 19.8 Å². The quantitative estimate of drug-likeness (QED) is 0.778. The first-order chi connectivity index (χ1) is 12.6. The number of rotatable bonds is 7. The van der Waals surface area contributed by atoms with E-state index in [0.29, 0.717) is 30.4 Å². The summed E-state index contributed by atoms with van der Waals surface area (Å²) in [5.41, 5.74) is 0.539. The molecule has 0 aliphatic carbocycles. The number of imide groups is 1. The normalized spacial score (nSPS) is 15.0. The van der Waals surface area contributed by atoms with Crippen LogP contribution >= 0.6 is 0 Å². The van der Waals surface area contributed by atoms with Crippen molar-refractivity contribution in [1.82, 2.24) is 10.2 Å². The summed E-state index contributed by atoms with van der Waals surface area (Å²) >= 11 is 0. The van der Waals surface area contributed by atoms with Crippen molar-refractivity contribution < 1.29 is 19.1 Å². The number of urea groups is 1. The second kappa shape index (κ2) is 10.7. The first kappa shape index (κ1) is 20.0. The first-order valence-electron chi connectivity index (χ1n) is 9.35. The van der Waals surface area contributed by atoms with Gasteiger partial charge in [0.25, 0.3) is 0 Å². The lowest BCUT2D eigenvalue weighted by atomic mass is 10.2. The Balaban J connectivity index is 1.87. The lowest BCUT2D eigenvalue weighted by Crippen LogP contribution is -2.42. The van der Waals surface area contributed by atoms with Crippen molar-refractivity contribution in [2.24, 2.45) is 0 Å². The van der Waals surface area contributed by atoms with Gasteiger partial charge in [-0.25, -0.2) is 4.79 Å². The van der Waals surface area contributed by atoms with Crippen LogP contribution in [0.1, 0.15) is 39.5 Å². The molecule has 0 unspecified atom stereocenters. The number of hydrogen-bond donors (Lipinski definition) is 2. The third-order valence-electron chi connectivity index (χ3n) is 4.12. The summed E-state index contributed by atoms with van der Waals surface area (Å²) in [6.45, 7) is 6.86. The molecule has 1 aliphatic rings. The fourth-order valence-corrected chi connectivity index (χ4v) is 2.95. The van der Waals surface area contributed by atoms with Crippen LogP contribution in [0.2, 0.25) is 0 Å². The molecule has 7 heteroatoms. The minimum Gasteiger partial charge on any atom is -0.490 e. The van der Waals surface area contributed by atoms with E-state index in [1.54, 1.807) is 18.2 Å². The lowest BCUT2D eigenvalue weighted by Gasteiger charge is -2.18. The van der Waals surface area contributed by atoms with Crippen molar-refractivity contribution in [3.63, 3.8) is 0 Å². The van der Waals surface area contributed by atoms with Crippen LogP contribution in [0.25, 0.3) is 0 Å². The number of anilines is 1. The summed E-state index contributed by atoms with van der Waals surface area (Å²) in [6.07, 6.45) is 4.62. The zero-order valence-corrected chi connectivity index (χ0v) is 15.7. The molecule has 7 nitrogen and oxygen atoms in total. The Kier molecular flexibility index (Phi) is 8.21. The fourth-order valence-electron chi connectivity index (χ4n) is 2.95. The molecule has 2 rings (SSSR count). The molecule has 1 heterocycles. The Morgan fingerprint density at radius 3 is 2.31 bits per heavy atom. The summed E-state index contributed by atoms with van der Waals surface area (Å²) in [7, 11) is 0. The smallest absolute Gasteiger partial charge is 0.325 e. The highest BCUT2D eigenvalue weighted by Crippen LogP contribution is 2.30. The van der Waals surface area contributed by atoms with E-state index < -0.39 is 6.03 Å². The summed E-state index contributed by atoms with van der Waals surface area (Å²) < 4.78 is 11.0. The second-order valence-electron chi connectivity index (χ2n) is 6.22. The van der Waals surface area contributed by atoms with E-state index in [1.165, 1.54) is 12.8 Å². The maximum absolute atomic E-state index is 12.1. The van der Waals surface area contributed by atoms with Gasteiger partial charge in [-0.1, -0.05) is 12.8 Å². The highest BCUT2D eigenvalue weighted by Gasteiger charge is 2.15. The van der Waals surface area contributed by atoms with E-state index in [1.807, 2.05) is 13.8 Å². The number of nitrogens with one attached hydrogen (secondary N) is 2. The Labute approximate surface area is 155 Å². The highest BCUT2D eigenvalue weighted by atomic mass is 16.5. The number of amides is 3. The Hall–Kier alpha value is -2.28. The molecular formula is C19H29N3O4. The van der Waals surface area contributed by atoms with Crippen LogP contribution in [0.15, 0.2) is 18.2 Å². The molecule has 1 aromatic carbocycles. The fraction of sp³-hybridized carbons (Fsp3) is 0.579. The summed E-state index contributed by atoms with van der Waals surface area (Å²) in [5, 5.41) is 5.05. The largest absolute Gasteiger partial charge is 0.490 e. The van der Waals surface area contributed by atoms with E-state index in [2.05, 4.69) is 15.5 Å². The van der Waals surface area contributed by atoms with E-state index in [9.17, 15) is 9.59 Å². The molecule has 0 radical (unpaired) electrons. The zero-order chi connectivity index (χ0) is 18.8. The SMILES string of the molecule is CCOc1ccc(NC(=O)NC(=O)CN2CCCCCC2)cc1OCC. The molecule has 1 saturated heterocycles. The predicted octanol–water partition coefficient (Wildman–Crippen LogP) is 3.01. The average molecular weight is 363 g/mol. The van der Waals surface area contributed by atoms with Crippen molar-refractivity contribution in [2.75, 3.05) is 38.2 Å². The van der Waals surface area contributed by atoms with Crippen molar-refractivity contribution in [3.05, 3.63) is 18.2 Å². The van der Waals surface area contributed by atoms with E-state index >= 15 is 0 Å². The van der Waals surface area contributed by atoms with Crippen LogP contribution in [0, 0.1) is 0 Å². The zero-order valence-electron chi connectivity index (χ0n) is 15.7. The van der Waals surface area contributed by atoms with Crippen LogP contribution in [0.4, 0.5) is 10.5 Å². The van der Waals surface area contributed by atoms with Crippen LogP contribution < -0.4 is 20.1 Å². The van der Waals surface area contributed by atoms with Crippen LogP contribution in [0.5, 0.6) is 11.5 Å². The van der Waals surface area contributed by atoms with Gasteiger partial charge < -0.3 is 14.8 Å². The molecule has 144 valence electrons. The Bertz CT molecular complexity index is 598. The molecule has 1 aliphatic heterocycles. The van der Waals surface area contributed by atoms with Crippen molar-refractivity contribution in [1.29, 1.82) is 0 Å². The Morgan fingerprint density at radius 2 is 1.65 bits per heavy atom. The van der Waals surface area contributed by atoms with Gasteiger partial charge in [0.15, 0.2) is 11.5 Å². The molecular weight excluding hydrogens is 334 g/mol. The molecule has 0 aromatic heterocycles. The highest BCUT2D eigenvalue weighted by molar-refractivity contribution is 6.01. The van der Waals surface area contributed by atoms with Crippen LogP contribution in [-0.4, -0.2) is 49.7 Å². The topological polar surface area (TPSA) is 79.9 Å². The minimum absolute atomic E-state index is 0.251. The van der Waals surface area contributed by atoms with Gasteiger partial charge in [0.1, 0.15) is 0 Å². The van der Waals surface area contributed by atoms with E-state index in [-0.39, 0.29) is 12.5 Å².